The minimum atomic E-state index is -1.02. The number of aliphatic carboxylic acids is 1. The Labute approximate surface area is 233 Å². The Hall–Kier alpha value is -4.34. The highest BCUT2D eigenvalue weighted by molar-refractivity contribution is 5.98. The highest BCUT2D eigenvalue weighted by atomic mass is 16.5. The Morgan fingerprint density at radius 2 is 1.75 bits per heavy atom. The average molecular weight is 549 g/mol. The number of nitrogens with zero attached hydrogens (tertiary/aromatic N) is 3. The molecule has 0 aliphatic carbocycles. The monoisotopic (exact) mass is 548 g/mol. The van der Waals surface area contributed by atoms with E-state index in [0.29, 0.717) is 23.6 Å². The number of ether oxygens (including phenoxy) is 2. The summed E-state index contributed by atoms with van der Waals surface area (Å²) in [4.78, 5) is 44.1. The van der Waals surface area contributed by atoms with E-state index < -0.39 is 17.9 Å². The molecule has 3 aromatic rings. The number of carbonyl (C=O) groups is 3. The fraction of sp³-hybridized carbons (Fsp3) is 0.400. The van der Waals surface area contributed by atoms with Crippen molar-refractivity contribution >= 4 is 17.8 Å². The second-order valence-electron chi connectivity index (χ2n) is 10.9. The molecule has 40 heavy (non-hydrogen) atoms. The normalized spacial score (nSPS) is 14.8. The van der Waals surface area contributed by atoms with E-state index in [1.807, 2.05) is 4.57 Å². The molecule has 1 aromatic heterocycles. The standard InChI is InChI=1S/C30H36N4O6/c1-30(2,3)21-9-6-19(7-10-21)16-33-18-32-22-15-23(28(37)31-13-12-27(35)36)34(17-24(22)33)29(38)20-8-11-25(39-4)26(14-20)40-5/h6-11,14,18,23H,12-13,15-17H2,1-5H3,(H,31,37)(H,35,36). The maximum Gasteiger partial charge on any atom is 0.305 e. The van der Waals surface area contributed by atoms with Crippen LogP contribution in [0.5, 0.6) is 11.5 Å². The largest absolute Gasteiger partial charge is 0.493 e. The molecule has 0 fully saturated rings. The minimum Gasteiger partial charge on any atom is -0.493 e. The topological polar surface area (TPSA) is 123 Å². The van der Waals surface area contributed by atoms with Crippen LogP contribution in [0.15, 0.2) is 48.8 Å². The number of imidazole rings is 1. The van der Waals surface area contributed by atoms with Crippen LogP contribution in [0.1, 0.15) is 60.1 Å². The van der Waals surface area contributed by atoms with Crippen molar-refractivity contribution in [2.45, 2.75) is 58.2 Å². The molecule has 4 rings (SSSR count). The second kappa shape index (κ2) is 11.8. The third kappa shape index (κ3) is 6.27. The lowest BCUT2D eigenvalue weighted by Crippen LogP contribution is -2.53. The molecule has 1 atom stereocenters. The van der Waals surface area contributed by atoms with E-state index in [4.69, 9.17) is 14.6 Å². The van der Waals surface area contributed by atoms with Crippen LogP contribution >= 0.6 is 0 Å². The van der Waals surface area contributed by atoms with Gasteiger partial charge >= 0.3 is 5.97 Å². The van der Waals surface area contributed by atoms with Crippen molar-refractivity contribution in [1.82, 2.24) is 19.8 Å². The molecule has 1 aliphatic heterocycles. The summed E-state index contributed by atoms with van der Waals surface area (Å²) in [5, 5.41) is 11.6. The molecule has 2 N–H and O–H groups in total. The zero-order valence-electron chi connectivity index (χ0n) is 23.6. The zero-order chi connectivity index (χ0) is 29.0. The molecule has 2 aromatic carbocycles. The van der Waals surface area contributed by atoms with Gasteiger partial charge in [-0.25, -0.2) is 4.98 Å². The van der Waals surface area contributed by atoms with Crippen LogP contribution in [-0.4, -0.2) is 64.1 Å². The van der Waals surface area contributed by atoms with E-state index in [0.717, 1.165) is 17.0 Å². The van der Waals surface area contributed by atoms with E-state index in [1.54, 1.807) is 24.5 Å². The second-order valence-corrected chi connectivity index (χ2v) is 10.9. The van der Waals surface area contributed by atoms with Gasteiger partial charge < -0.3 is 29.4 Å². The minimum absolute atomic E-state index is 0.0328. The molecule has 0 bridgehead atoms. The van der Waals surface area contributed by atoms with Crippen molar-refractivity contribution < 1.29 is 29.0 Å². The summed E-state index contributed by atoms with van der Waals surface area (Å²) in [5.74, 6) is -0.908. The maximum absolute atomic E-state index is 13.8. The number of nitrogens with one attached hydrogen (secondary N) is 1. The van der Waals surface area contributed by atoms with E-state index in [9.17, 15) is 14.4 Å². The summed E-state index contributed by atoms with van der Waals surface area (Å²) < 4.78 is 12.7. The molecule has 1 aliphatic rings. The molecule has 1 unspecified atom stereocenters. The van der Waals surface area contributed by atoms with Gasteiger partial charge in [0.2, 0.25) is 5.91 Å². The lowest BCUT2D eigenvalue weighted by molar-refractivity contribution is -0.137. The molecule has 2 heterocycles. The van der Waals surface area contributed by atoms with Crippen LogP contribution in [0.3, 0.4) is 0 Å². The number of hydrogen-bond donors (Lipinski definition) is 2. The van der Waals surface area contributed by atoms with Crippen molar-refractivity contribution in [2.24, 2.45) is 0 Å². The molecule has 2 amide bonds. The number of methoxy groups -OCH3 is 2. The van der Waals surface area contributed by atoms with Crippen molar-refractivity contribution in [3.63, 3.8) is 0 Å². The van der Waals surface area contributed by atoms with Crippen molar-refractivity contribution in [2.75, 3.05) is 20.8 Å². The number of rotatable bonds is 9. The van der Waals surface area contributed by atoms with E-state index in [-0.39, 0.29) is 37.3 Å². The fourth-order valence-corrected chi connectivity index (χ4v) is 4.80. The Morgan fingerprint density at radius 3 is 2.38 bits per heavy atom. The van der Waals surface area contributed by atoms with Gasteiger partial charge in [0.1, 0.15) is 6.04 Å². The number of carboxylic acid groups (broad SMARTS) is 1. The van der Waals surface area contributed by atoms with Gasteiger partial charge in [0.25, 0.3) is 5.91 Å². The number of hydrogen-bond acceptors (Lipinski definition) is 6. The predicted octanol–water partition coefficient (Wildman–Crippen LogP) is 3.40. The van der Waals surface area contributed by atoms with Crippen LogP contribution in [0.25, 0.3) is 0 Å². The Bertz CT molecular complexity index is 1390. The van der Waals surface area contributed by atoms with Crippen LogP contribution in [-0.2, 0) is 34.5 Å². The summed E-state index contributed by atoms with van der Waals surface area (Å²) >= 11 is 0. The van der Waals surface area contributed by atoms with E-state index >= 15 is 0 Å². The summed E-state index contributed by atoms with van der Waals surface area (Å²) in [6, 6.07) is 12.5. The smallest absolute Gasteiger partial charge is 0.305 e. The molecule has 0 spiro atoms. The Kier molecular flexibility index (Phi) is 8.46. The molecule has 0 saturated carbocycles. The van der Waals surface area contributed by atoms with Crippen LogP contribution in [0.4, 0.5) is 0 Å². The summed E-state index contributed by atoms with van der Waals surface area (Å²) in [6.45, 7) is 7.22. The number of amides is 2. The maximum atomic E-state index is 13.8. The van der Waals surface area contributed by atoms with Gasteiger partial charge in [-0.3, -0.25) is 14.4 Å². The van der Waals surface area contributed by atoms with Crippen LogP contribution in [0, 0.1) is 0 Å². The van der Waals surface area contributed by atoms with Crippen LogP contribution in [0.2, 0.25) is 0 Å². The molecule has 10 nitrogen and oxygen atoms in total. The number of carbonyl (C=O) groups excluding carboxylic acids is 2. The molecule has 0 saturated heterocycles. The Balaban J connectivity index is 1.63. The van der Waals surface area contributed by atoms with Gasteiger partial charge in [-0.05, 0) is 34.7 Å². The SMILES string of the molecule is COc1ccc(C(=O)N2Cc3c(ncn3Cc3ccc(C(C)(C)C)cc3)CC2C(=O)NCCC(=O)O)cc1OC. The highest BCUT2D eigenvalue weighted by Gasteiger charge is 2.37. The molecule has 212 valence electrons. The average Bonchev–Trinajstić information content (AvgIpc) is 3.32. The third-order valence-corrected chi connectivity index (χ3v) is 7.12. The first-order valence-electron chi connectivity index (χ1n) is 13.2. The van der Waals surface area contributed by atoms with E-state index in [1.165, 1.54) is 24.7 Å². The lowest BCUT2D eigenvalue weighted by atomic mass is 9.87. The molecule has 0 radical (unpaired) electrons. The number of fused-ring (bicyclic) bond motifs is 1. The van der Waals surface area contributed by atoms with Gasteiger partial charge in [-0.2, -0.15) is 0 Å². The van der Waals surface area contributed by atoms with E-state index in [2.05, 4.69) is 55.3 Å². The predicted molar refractivity (Wildman–Crippen MR) is 149 cm³/mol. The van der Waals surface area contributed by atoms with Crippen molar-refractivity contribution in [1.29, 1.82) is 0 Å². The van der Waals surface area contributed by atoms with Gasteiger partial charge in [-0.1, -0.05) is 45.0 Å². The zero-order valence-corrected chi connectivity index (χ0v) is 23.6. The summed E-state index contributed by atoms with van der Waals surface area (Å²) in [7, 11) is 3.01. The number of carboxylic acids is 1. The van der Waals surface area contributed by atoms with Gasteiger partial charge in [0.15, 0.2) is 11.5 Å². The quantitative estimate of drug-likeness (QED) is 0.420. The highest BCUT2D eigenvalue weighted by Crippen LogP contribution is 2.31. The summed E-state index contributed by atoms with van der Waals surface area (Å²) in [5.41, 5.74) is 4.32. The van der Waals surface area contributed by atoms with Crippen molar-refractivity contribution in [3.8, 4) is 11.5 Å². The molecule has 10 heteroatoms. The van der Waals surface area contributed by atoms with Gasteiger partial charge in [0.05, 0.1) is 44.9 Å². The summed E-state index contributed by atoms with van der Waals surface area (Å²) in [6.07, 6.45) is 1.74. The number of benzene rings is 2. The third-order valence-electron chi connectivity index (χ3n) is 7.12. The first-order chi connectivity index (χ1) is 19.0. The first-order valence-corrected chi connectivity index (χ1v) is 13.2. The first kappa shape index (κ1) is 28.7. The lowest BCUT2D eigenvalue weighted by Gasteiger charge is -2.35. The molecular weight excluding hydrogens is 512 g/mol. The fourth-order valence-electron chi connectivity index (χ4n) is 4.80. The van der Waals surface area contributed by atoms with Gasteiger partial charge in [0, 0.05) is 25.1 Å². The van der Waals surface area contributed by atoms with Gasteiger partial charge in [-0.15, -0.1) is 0 Å². The van der Waals surface area contributed by atoms with Crippen LogP contribution < -0.4 is 14.8 Å². The Morgan fingerprint density at radius 1 is 1.05 bits per heavy atom. The molecular formula is C30H36N4O6. The van der Waals surface area contributed by atoms with Crippen molar-refractivity contribution in [3.05, 3.63) is 76.9 Å². The number of aromatic nitrogens is 2.